The van der Waals surface area contributed by atoms with E-state index in [-0.39, 0.29) is 52.9 Å². The molecule has 10 heavy (non-hydrogen) atoms. The zero-order valence-corrected chi connectivity index (χ0v) is 8.09. The van der Waals surface area contributed by atoms with Crippen molar-refractivity contribution in [3.8, 4) is 0 Å². The summed E-state index contributed by atoms with van der Waals surface area (Å²) < 4.78 is 8.88. The van der Waals surface area contributed by atoms with E-state index in [0.717, 1.165) is 0 Å². The van der Waals surface area contributed by atoms with Crippen LogP contribution in [0.15, 0.2) is 0 Å². The molecule has 0 aromatic heterocycles. The normalized spacial score (nSPS) is 5.90. The molecule has 10 heteroatoms. The zero-order chi connectivity index (χ0) is 4.50. The van der Waals surface area contributed by atoms with Gasteiger partial charge in [0.05, 0.1) is 0 Å². The summed E-state index contributed by atoms with van der Waals surface area (Å²) in [6.07, 6.45) is 0. The van der Waals surface area contributed by atoms with Gasteiger partial charge in [-0.1, -0.05) is 0 Å². The fourth-order valence-corrected chi connectivity index (χ4v) is 0. The van der Waals surface area contributed by atoms with Crippen molar-refractivity contribution in [1.29, 1.82) is 0 Å². The summed E-state index contributed by atoms with van der Waals surface area (Å²) in [5.74, 6) is 0. The third kappa shape index (κ3) is 627. The minimum absolute atomic E-state index is 0. The molecule has 11 N–H and O–H groups in total. The van der Waals surface area contributed by atoms with Crippen LogP contribution < -0.4 is 29.6 Å². The molecular weight excluding hydrogens is 182 g/mol. The van der Waals surface area contributed by atoms with Crippen LogP contribution in [0.2, 0.25) is 0 Å². The van der Waals surface area contributed by atoms with Crippen molar-refractivity contribution in [2.24, 2.45) is 0 Å². The van der Waals surface area contributed by atoms with Crippen LogP contribution in [-0.2, 0) is 4.57 Å². The standard InChI is InChI=1S/Na.H3O4P.4H2O.H/c;1-5(2,3)4;;;;;/h;(H3,1,2,3,4);4*1H2;/q+1;;;;;;-1. The quantitative estimate of drug-likeness (QED) is 0.253. The van der Waals surface area contributed by atoms with Gasteiger partial charge in [-0.3, -0.25) is 0 Å². The molecule has 0 radical (unpaired) electrons. The Morgan fingerprint density at radius 2 is 0.900 bits per heavy atom. The van der Waals surface area contributed by atoms with Gasteiger partial charge in [0.25, 0.3) is 0 Å². The summed E-state index contributed by atoms with van der Waals surface area (Å²) >= 11 is 0. The van der Waals surface area contributed by atoms with Crippen LogP contribution in [0, 0.1) is 0 Å². The van der Waals surface area contributed by atoms with Crippen molar-refractivity contribution in [3.05, 3.63) is 0 Å². The minimum Gasteiger partial charge on any atom is -1.00 e. The van der Waals surface area contributed by atoms with E-state index in [1.165, 1.54) is 0 Å². The molecule has 0 bridgehead atoms. The van der Waals surface area contributed by atoms with Crippen molar-refractivity contribution in [2.45, 2.75) is 0 Å². The number of hydrogen-bond donors (Lipinski definition) is 3. The SMILES string of the molecule is O.O.O.O.O=P(O)(O)O.[H-].[Na+]. The van der Waals surface area contributed by atoms with E-state index in [0.29, 0.717) is 0 Å². The van der Waals surface area contributed by atoms with E-state index < -0.39 is 7.82 Å². The molecule has 0 rings (SSSR count). The van der Waals surface area contributed by atoms with Crippen LogP contribution >= 0.6 is 7.82 Å². The molecule has 8 nitrogen and oxygen atoms in total. The van der Waals surface area contributed by atoms with Gasteiger partial charge in [-0.25, -0.2) is 4.57 Å². The zero-order valence-electron chi connectivity index (χ0n) is 6.20. The Balaban J connectivity index is -0.00000000533. The molecule has 0 spiro atoms. The topological polar surface area (TPSA) is 204 Å². The van der Waals surface area contributed by atoms with Gasteiger partial charge in [0.2, 0.25) is 0 Å². The monoisotopic (exact) mass is 194 g/mol. The van der Waals surface area contributed by atoms with E-state index in [9.17, 15) is 0 Å². The second-order valence-electron chi connectivity index (χ2n) is 0.513. The minimum atomic E-state index is -4.64. The maximum atomic E-state index is 8.88. The fraction of sp³-hybridized carbons (Fsp3) is 0. The van der Waals surface area contributed by atoms with Crippen molar-refractivity contribution < 1.29 is 72.1 Å². The van der Waals surface area contributed by atoms with Crippen LogP contribution in [0.4, 0.5) is 0 Å². The largest absolute Gasteiger partial charge is 1.00 e. The molecule has 66 valence electrons. The number of rotatable bonds is 0. The van der Waals surface area contributed by atoms with Crippen LogP contribution in [0.5, 0.6) is 0 Å². The Morgan fingerprint density at radius 1 is 0.900 bits per heavy atom. The maximum absolute atomic E-state index is 8.88. The first-order valence-corrected chi connectivity index (χ1v) is 2.35. The van der Waals surface area contributed by atoms with Gasteiger partial charge < -0.3 is 38.0 Å². The van der Waals surface area contributed by atoms with Gasteiger partial charge in [-0.15, -0.1) is 0 Å². The first-order valence-electron chi connectivity index (χ1n) is 0.783. The molecule has 0 aliphatic rings. The molecule has 0 atom stereocenters. The average molecular weight is 194 g/mol. The molecule has 0 aromatic rings. The predicted octanol–water partition coefficient (Wildman–Crippen LogP) is -7.11. The van der Waals surface area contributed by atoms with Crippen LogP contribution in [0.3, 0.4) is 0 Å². The van der Waals surface area contributed by atoms with Gasteiger partial charge in [0.15, 0.2) is 0 Å². The summed E-state index contributed by atoms with van der Waals surface area (Å²) in [6, 6.07) is 0. The first-order chi connectivity index (χ1) is 2.00. The van der Waals surface area contributed by atoms with Gasteiger partial charge in [0.1, 0.15) is 0 Å². The molecule has 0 saturated heterocycles. The molecule has 0 unspecified atom stereocenters. The van der Waals surface area contributed by atoms with Crippen molar-refractivity contribution in [3.63, 3.8) is 0 Å². The summed E-state index contributed by atoms with van der Waals surface area (Å²) in [6.45, 7) is 0. The van der Waals surface area contributed by atoms with Crippen molar-refractivity contribution >= 4 is 7.82 Å². The Hall–Kier alpha value is 0.950. The maximum Gasteiger partial charge on any atom is 1.00 e. The van der Waals surface area contributed by atoms with E-state index in [4.69, 9.17) is 19.2 Å². The molecular formula is H12NaO8P. The Bertz CT molecular complexity index is 60.2. The summed E-state index contributed by atoms with van der Waals surface area (Å²) in [5.41, 5.74) is 0. The van der Waals surface area contributed by atoms with Gasteiger partial charge in [-0.2, -0.15) is 0 Å². The molecule has 0 aliphatic carbocycles. The van der Waals surface area contributed by atoms with E-state index >= 15 is 0 Å². The number of hydrogen-bond acceptors (Lipinski definition) is 1. The fourth-order valence-electron chi connectivity index (χ4n) is 0. The first kappa shape index (κ1) is 44.2. The molecule has 0 aliphatic heterocycles. The van der Waals surface area contributed by atoms with E-state index in [1.807, 2.05) is 0 Å². The third-order valence-electron chi connectivity index (χ3n) is 0. The van der Waals surface area contributed by atoms with E-state index in [2.05, 4.69) is 0 Å². The van der Waals surface area contributed by atoms with Gasteiger partial charge in [-0.05, 0) is 0 Å². The Labute approximate surface area is 80.1 Å². The van der Waals surface area contributed by atoms with Crippen LogP contribution in [-0.4, -0.2) is 36.6 Å². The van der Waals surface area contributed by atoms with E-state index in [1.54, 1.807) is 0 Å². The molecule has 0 saturated carbocycles. The molecule has 0 heterocycles. The summed E-state index contributed by atoms with van der Waals surface area (Å²) in [4.78, 5) is 21.6. The average Bonchev–Trinajstić information content (AvgIpc) is 0.722. The Kier molecular flexibility index (Phi) is 73.0. The molecule has 0 aromatic carbocycles. The number of phosphoric acid groups is 1. The third-order valence-corrected chi connectivity index (χ3v) is 0. The van der Waals surface area contributed by atoms with Crippen molar-refractivity contribution in [1.82, 2.24) is 0 Å². The second kappa shape index (κ2) is 16.5. The smallest absolute Gasteiger partial charge is 1.00 e. The van der Waals surface area contributed by atoms with Crippen LogP contribution in [0.1, 0.15) is 1.43 Å². The summed E-state index contributed by atoms with van der Waals surface area (Å²) in [7, 11) is -4.64. The predicted molar refractivity (Wildman–Crippen MR) is 29.8 cm³/mol. The van der Waals surface area contributed by atoms with Crippen molar-refractivity contribution in [2.75, 3.05) is 0 Å². The molecule has 0 fully saturated rings. The second-order valence-corrected chi connectivity index (χ2v) is 1.54. The van der Waals surface area contributed by atoms with Crippen LogP contribution in [0.25, 0.3) is 0 Å². The Morgan fingerprint density at radius 3 is 0.900 bits per heavy atom. The van der Waals surface area contributed by atoms with Gasteiger partial charge in [0, 0.05) is 0 Å². The summed E-state index contributed by atoms with van der Waals surface area (Å²) in [5, 5.41) is 0. The van der Waals surface area contributed by atoms with Gasteiger partial charge >= 0.3 is 37.4 Å². The molecule has 0 amide bonds.